The molecule has 1 aliphatic carbocycles. The summed E-state index contributed by atoms with van der Waals surface area (Å²) in [5, 5.41) is 3.68. The van der Waals surface area contributed by atoms with Gasteiger partial charge in [-0.1, -0.05) is 18.7 Å². The second-order valence-electron chi connectivity index (χ2n) is 7.38. The van der Waals surface area contributed by atoms with Crippen LogP contribution in [-0.2, 0) is 17.6 Å². The summed E-state index contributed by atoms with van der Waals surface area (Å²) >= 11 is 2.87. The predicted molar refractivity (Wildman–Crippen MR) is 118 cm³/mol. The minimum Gasteiger partial charge on any atom is -0.497 e. The Balaban J connectivity index is 1.51. The van der Waals surface area contributed by atoms with Crippen LogP contribution in [-0.4, -0.2) is 28.2 Å². The Morgan fingerprint density at radius 2 is 2.14 bits per heavy atom. The van der Waals surface area contributed by atoms with Crippen molar-refractivity contribution in [2.24, 2.45) is 5.92 Å². The third-order valence-electron chi connectivity index (χ3n) is 5.16. The van der Waals surface area contributed by atoms with E-state index in [2.05, 4.69) is 22.2 Å². The number of methoxy groups -OCH3 is 1. The zero-order valence-corrected chi connectivity index (χ0v) is 18.2. The molecule has 0 fully saturated rings. The summed E-state index contributed by atoms with van der Waals surface area (Å²) in [6, 6.07) is 7.16. The molecule has 8 heteroatoms. The number of benzene rings is 1. The number of hydrogen-bond acceptors (Lipinski definition) is 6. The van der Waals surface area contributed by atoms with Gasteiger partial charge in [-0.25, -0.2) is 4.98 Å². The van der Waals surface area contributed by atoms with Crippen LogP contribution in [0.2, 0.25) is 0 Å². The van der Waals surface area contributed by atoms with E-state index < -0.39 is 5.25 Å². The van der Waals surface area contributed by atoms with Crippen molar-refractivity contribution in [1.29, 1.82) is 0 Å². The Hall–Kier alpha value is -2.32. The molecule has 0 saturated carbocycles. The molecule has 29 heavy (non-hydrogen) atoms. The average Bonchev–Trinajstić information content (AvgIpc) is 3.06. The van der Waals surface area contributed by atoms with Gasteiger partial charge in [-0.05, 0) is 61.9 Å². The van der Waals surface area contributed by atoms with E-state index in [1.807, 2.05) is 0 Å². The number of thioether (sulfide) groups is 1. The van der Waals surface area contributed by atoms with Crippen molar-refractivity contribution < 1.29 is 9.53 Å². The quantitative estimate of drug-likeness (QED) is 0.468. The number of fused-ring (bicyclic) bond motifs is 3. The van der Waals surface area contributed by atoms with E-state index >= 15 is 0 Å². The zero-order chi connectivity index (χ0) is 20.5. The number of carbonyl (C=O) groups is 1. The van der Waals surface area contributed by atoms with Gasteiger partial charge >= 0.3 is 0 Å². The van der Waals surface area contributed by atoms with Gasteiger partial charge in [0.1, 0.15) is 10.6 Å². The van der Waals surface area contributed by atoms with Gasteiger partial charge in [0.15, 0.2) is 5.16 Å². The van der Waals surface area contributed by atoms with Crippen molar-refractivity contribution in [3.05, 3.63) is 45.1 Å². The topological polar surface area (TPSA) is 84.1 Å². The van der Waals surface area contributed by atoms with Crippen LogP contribution in [0.4, 0.5) is 5.69 Å². The van der Waals surface area contributed by atoms with E-state index in [1.54, 1.807) is 49.6 Å². The second kappa shape index (κ2) is 8.20. The van der Waals surface area contributed by atoms with Crippen LogP contribution in [0.25, 0.3) is 10.2 Å². The minimum absolute atomic E-state index is 0.104. The molecule has 0 spiro atoms. The summed E-state index contributed by atoms with van der Waals surface area (Å²) in [6.07, 6.45) is 3.06. The molecule has 2 N–H and O–H groups in total. The van der Waals surface area contributed by atoms with E-state index in [0.717, 1.165) is 35.2 Å². The number of ether oxygens (including phenoxy) is 1. The number of aromatic amines is 1. The smallest absolute Gasteiger partial charge is 0.260 e. The maximum atomic E-state index is 12.7. The number of nitrogens with one attached hydrogen (secondary N) is 2. The van der Waals surface area contributed by atoms with E-state index in [9.17, 15) is 9.59 Å². The van der Waals surface area contributed by atoms with Crippen molar-refractivity contribution in [2.45, 2.75) is 43.5 Å². The molecular formula is C21H23N3O3S2. The number of thiophene rings is 1. The molecule has 0 saturated heterocycles. The van der Waals surface area contributed by atoms with Crippen molar-refractivity contribution in [1.82, 2.24) is 9.97 Å². The molecule has 0 bridgehead atoms. The summed E-state index contributed by atoms with van der Waals surface area (Å²) in [5.74, 6) is 1.22. The number of amides is 1. The van der Waals surface area contributed by atoms with Gasteiger partial charge in [-0.2, -0.15) is 0 Å². The highest BCUT2D eigenvalue weighted by Gasteiger charge is 2.24. The van der Waals surface area contributed by atoms with Crippen LogP contribution >= 0.6 is 23.1 Å². The van der Waals surface area contributed by atoms with Gasteiger partial charge in [-0.3, -0.25) is 9.59 Å². The summed E-state index contributed by atoms with van der Waals surface area (Å²) in [6.45, 7) is 4.05. The zero-order valence-electron chi connectivity index (χ0n) is 16.6. The third-order valence-corrected chi connectivity index (χ3v) is 7.29. The summed E-state index contributed by atoms with van der Waals surface area (Å²) in [7, 11) is 1.60. The third kappa shape index (κ3) is 4.18. The maximum absolute atomic E-state index is 12.7. The summed E-state index contributed by atoms with van der Waals surface area (Å²) in [4.78, 5) is 34.8. The molecule has 3 aromatic rings. The minimum atomic E-state index is -0.410. The van der Waals surface area contributed by atoms with E-state index in [0.29, 0.717) is 16.8 Å². The standard InChI is InChI=1S/C21H23N3O3S2/c1-11-4-9-15-16(10-11)29-20-17(15)19(26)23-21(24-20)28-12(2)18(25)22-13-5-7-14(27-3)8-6-13/h5-8,11-12H,4,9-10H2,1-3H3,(H,22,25)(H,23,24,26). The average molecular weight is 430 g/mol. The van der Waals surface area contributed by atoms with Crippen molar-refractivity contribution >= 4 is 44.9 Å². The van der Waals surface area contributed by atoms with Crippen LogP contribution in [0.15, 0.2) is 34.2 Å². The van der Waals surface area contributed by atoms with Gasteiger partial charge in [0.2, 0.25) is 5.91 Å². The number of rotatable bonds is 5. The van der Waals surface area contributed by atoms with Crippen LogP contribution in [0, 0.1) is 5.92 Å². The Morgan fingerprint density at radius 1 is 1.38 bits per heavy atom. The normalized spacial score (nSPS) is 17.0. The van der Waals surface area contributed by atoms with Crippen molar-refractivity contribution in [3.63, 3.8) is 0 Å². The molecule has 0 radical (unpaired) electrons. The largest absolute Gasteiger partial charge is 0.497 e. The first kappa shape index (κ1) is 20.0. The number of H-pyrrole nitrogens is 1. The fraction of sp³-hybridized carbons (Fsp3) is 0.381. The first-order valence-corrected chi connectivity index (χ1v) is 11.3. The number of hydrogen-bond donors (Lipinski definition) is 2. The van der Waals surface area contributed by atoms with Gasteiger partial charge in [0.25, 0.3) is 5.56 Å². The SMILES string of the molecule is COc1ccc(NC(=O)C(C)Sc2nc3sc4c(c3c(=O)[nH]2)CCC(C)C4)cc1. The highest BCUT2D eigenvalue weighted by molar-refractivity contribution is 8.00. The second-order valence-corrected chi connectivity index (χ2v) is 9.79. The Labute approximate surface area is 177 Å². The Bertz CT molecular complexity index is 1100. The molecule has 0 aliphatic heterocycles. The number of aryl methyl sites for hydroxylation is 1. The van der Waals surface area contributed by atoms with Crippen LogP contribution < -0.4 is 15.6 Å². The first-order chi connectivity index (χ1) is 13.9. The molecule has 152 valence electrons. The molecular weight excluding hydrogens is 406 g/mol. The molecule has 1 aliphatic rings. The van der Waals surface area contributed by atoms with Crippen LogP contribution in [0.5, 0.6) is 5.75 Å². The molecule has 2 aromatic heterocycles. The molecule has 2 heterocycles. The molecule has 2 unspecified atom stereocenters. The highest BCUT2D eigenvalue weighted by Crippen LogP contribution is 2.36. The van der Waals surface area contributed by atoms with Crippen LogP contribution in [0.1, 0.15) is 30.7 Å². The van der Waals surface area contributed by atoms with Crippen molar-refractivity contribution in [3.8, 4) is 5.75 Å². The Kier molecular flexibility index (Phi) is 5.65. The van der Waals surface area contributed by atoms with Gasteiger partial charge in [0, 0.05) is 10.6 Å². The lowest BCUT2D eigenvalue weighted by Gasteiger charge is -2.17. The van der Waals surface area contributed by atoms with Gasteiger partial charge < -0.3 is 15.0 Å². The summed E-state index contributed by atoms with van der Waals surface area (Å²) < 4.78 is 5.13. The monoisotopic (exact) mass is 429 g/mol. The first-order valence-electron chi connectivity index (χ1n) is 9.60. The number of carbonyl (C=O) groups excluding carboxylic acids is 1. The lowest BCUT2D eigenvalue weighted by atomic mass is 9.89. The highest BCUT2D eigenvalue weighted by atomic mass is 32.2. The van der Waals surface area contributed by atoms with E-state index in [1.165, 1.54) is 22.2 Å². The number of nitrogens with zero attached hydrogens (tertiary/aromatic N) is 1. The predicted octanol–water partition coefficient (Wildman–Crippen LogP) is 4.24. The maximum Gasteiger partial charge on any atom is 0.260 e. The van der Waals surface area contributed by atoms with Crippen molar-refractivity contribution in [2.75, 3.05) is 12.4 Å². The van der Waals surface area contributed by atoms with Gasteiger partial charge in [-0.15, -0.1) is 11.3 Å². The lowest BCUT2D eigenvalue weighted by molar-refractivity contribution is -0.115. The number of anilines is 1. The van der Waals surface area contributed by atoms with E-state index in [-0.39, 0.29) is 11.5 Å². The molecule has 2 atom stereocenters. The molecule has 1 amide bonds. The number of aromatic nitrogens is 2. The van der Waals surface area contributed by atoms with Crippen LogP contribution in [0.3, 0.4) is 0 Å². The van der Waals surface area contributed by atoms with Gasteiger partial charge in [0.05, 0.1) is 17.7 Å². The molecule has 6 nitrogen and oxygen atoms in total. The fourth-order valence-corrected chi connectivity index (χ4v) is 5.76. The lowest BCUT2D eigenvalue weighted by Crippen LogP contribution is -2.23. The molecule has 4 rings (SSSR count). The van der Waals surface area contributed by atoms with E-state index in [4.69, 9.17) is 4.74 Å². The Morgan fingerprint density at radius 3 is 2.86 bits per heavy atom. The summed E-state index contributed by atoms with van der Waals surface area (Å²) in [5.41, 5.74) is 1.76. The molecule has 1 aromatic carbocycles. The fourth-order valence-electron chi connectivity index (χ4n) is 3.52.